The topological polar surface area (TPSA) is 72.4 Å². The molecule has 1 amide bonds. The van der Waals surface area contributed by atoms with Crippen LogP contribution in [0.2, 0.25) is 0 Å². The van der Waals surface area contributed by atoms with E-state index in [9.17, 15) is 9.59 Å². The molecule has 0 aliphatic heterocycles. The van der Waals surface area contributed by atoms with Gasteiger partial charge in [0.2, 0.25) is 0 Å². The molecule has 0 bridgehead atoms. The molecule has 182 valence electrons. The number of hydrogen-bond donors (Lipinski definition) is 0. The lowest BCUT2D eigenvalue weighted by Gasteiger charge is -2.17. The number of aromatic nitrogens is 2. The van der Waals surface area contributed by atoms with Crippen LogP contribution in [0, 0.1) is 0 Å². The predicted octanol–water partition coefficient (Wildman–Crippen LogP) is 5.78. The molecule has 4 aromatic carbocycles. The van der Waals surface area contributed by atoms with Gasteiger partial charge in [0.1, 0.15) is 0 Å². The van der Waals surface area contributed by atoms with Crippen LogP contribution in [0.25, 0.3) is 33.5 Å². The van der Waals surface area contributed by atoms with Gasteiger partial charge in [-0.05, 0) is 23.8 Å². The highest BCUT2D eigenvalue weighted by Gasteiger charge is 2.17. The molecule has 6 nitrogen and oxygen atoms in total. The second-order valence-corrected chi connectivity index (χ2v) is 8.67. The number of amides is 1. The molecular weight excluding hydrogens is 462 g/mol. The first-order valence-corrected chi connectivity index (χ1v) is 12.0. The van der Waals surface area contributed by atoms with Crippen LogP contribution in [0.1, 0.15) is 15.9 Å². The van der Waals surface area contributed by atoms with Crippen LogP contribution in [0.5, 0.6) is 0 Å². The Morgan fingerprint density at radius 1 is 0.703 bits per heavy atom. The maximum Gasteiger partial charge on any atom is 0.338 e. The Morgan fingerprint density at radius 2 is 1.24 bits per heavy atom. The predicted molar refractivity (Wildman–Crippen MR) is 144 cm³/mol. The summed E-state index contributed by atoms with van der Waals surface area (Å²) in [4.78, 5) is 36.6. The van der Waals surface area contributed by atoms with E-state index in [-0.39, 0.29) is 12.5 Å². The minimum absolute atomic E-state index is 0.281. The molecule has 37 heavy (non-hydrogen) atoms. The number of ether oxygens (including phenoxy) is 1. The van der Waals surface area contributed by atoms with E-state index in [1.54, 1.807) is 25.2 Å². The van der Waals surface area contributed by atoms with E-state index in [0.717, 1.165) is 28.1 Å². The number of carbonyl (C=O) groups excluding carboxylic acids is 2. The number of hydrogen-bond acceptors (Lipinski definition) is 5. The normalized spacial score (nSPS) is 10.7. The molecule has 0 radical (unpaired) electrons. The van der Waals surface area contributed by atoms with Gasteiger partial charge < -0.3 is 9.64 Å². The second kappa shape index (κ2) is 10.8. The molecule has 0 unspecified atom stereocenters. The van der Waals surface area contributed by atoms with Gasteiger partial charge >= 0.3 is 5.97 Å². The van der Waals surface area contributed by atoms with E-state index in [2.05, 4.69) is 0 Å². The summed E-state index contributed by atoms with van der Waals surface area (Å²) in [6, 6.07) is 34.4. The van der Waals surface area contributed by atoms with Crippen LogP contribution in [-0.4, -0.2) is 40.4 Å². The number of benzene rings is 4. The average Bonchev–Trinajstić information content (AvgIpc) is 2.96. The van der Waals surface area contributed by atoms with Crippen molar-refractivity contribution in [3.05, 3.63) is 120 Å². The molecule has 0 atom stereocenters. The highest BCUT2D eigenvalue weighted by atomic mass is 16.5. The van der Waals surface area contributed by atoms with Crippen molar-refractivity contribution in [2.45, 2.75) is 6.54 Å². The fraction of sp³-hybridized carbons (Fsp3) is 0.0968. The Morgan fingerprint density at radius 3 is 1.84 bits per heavy atom. The fourth-order valence-corrected chi connectivity index (χ4v) is 4.04. The van der Waals surface area contributed by atoms with E-state index >= 15 is 0 Å². The third-order valence-corrected chi connectivity index (χ3v) is 6.01. The summed E-state index contributed by atoms with van der Waals surface area (Å²) in [5.74, 6) is -0.866. The van der Waals surface area contributed by atoms with Crippen molar-refractivity contribution < 1.29 is 14.3 Å². The van der Waals surface area contributed by atoms with Gasteiger partial charge in [-0.3, -0.25) is 4.79 Å². The van der Waals surface area contributed by atoms with Crippen LogP contribution in [0.4, 0.5) is 0 Å². The Labute approximate surface area is 215 Å². The summed E-state index contributed by atoms with van der Waals surface area (Å²) in [5, 5.41) is 0. The summed E-state index contributed by atoms with van der Waals surface area (Å²) < 4.78 is 5.33. The van der Waals surface area contributed by atoms with Crippen LogP contribution in [0.3, 0.4) is 0 Å². The van der Waals surface area contributed by atoms with E-state index in [4.69, 9.17) is 14.7 Å². The molecule has 1 aromatic heterocycles. The highest BCUT2D eigenvalue weighted by Crippen LogP contribution is 2.31. The summed E-state index contributed by atoms with van der Waals surface area (Å²) in [6.07, 6.45) is 0. The van der Waals surface area contributed by atoms with Gasteiger partial charge in [-0.1, -0.05) is 91.0 Å². The third kappa shape index (κ3) is 5.54. The summed E-state index contributed by atoms with van der Waals surface area (Å²) in [7, 11) is 1.68. The molecule has 0 aliphatic carbocycles. The summed E-state index contributed by atoms with van der Waals surface area (Å²) >= 11 is 0. The van der Waals surface area contributed by atoms with E-state index in [1.165, 1.54) is 4.90 Å². The van der Waals surface area contributed by atoms with Crippen LogP contribution >= 0.6 is 0 Å². The summed E-state index contributed by atoms with van der Waals surface area (Å²) in [5.41, 5.74) is 5.92. The second-order valence-electron chi connectivity index (χ2n) is 8.67. The largest absolute Gasteiger partial charge is 0.452 e. The minimum atomic E-state index is -0.585. The van der Waals surface area contributed by atoms with Gasteiger partial charge in [0.05, 0.1) is 28.0 Å². The molecule has 0 saturated heterocycles. The highest BCUT2D eigenvalue weighted by molar-refractivity contribution is 5.96. The van der Waals surface area contributed by atoms with Gasteiger partial charge in [-0.15, -0.1) is 0 Å². The molecule has 0 N–H and O–H groups in total. The lowest BCUT2D eigenvalue weighted by molar-refractivity contribution is -0.133. The number of nitrogens with zero attached hydrogens (tertiary/aromatic N) is 3. The number of carbonyl (C=O) groups is 2. The molecule has 0 fully saturated rings. The molecule has 5 aromatic rings. The lowest BCUT2D eigenvalue weighted by atomic mass is 10.0. The number of likely N-dealkylation sites (N-methyl/N-ethyl adjacent to an activating group) is 1. The molecule has 5 rings (SSSR count). The third-order valence-electron chi connectivity index (χ3n) is 6.01. The lowest BCUT2D eigenvalue weighted by Crippen LogP contribution is -2.30. The zero-order chi connectivity index (χ0) is 25.6. The molecule has 0 spiro atoms. The minimum Gasteiger partial charge on any atom is -0.452 e. The van der Waals surface area contributed by atoms with Gasteiger partial charge in [-0.2, -0.15) is 0 Å². The SMILES string of the molecule is CN(Cc1ccccc1)C(=O)COC(=O)c1ccc2nc(-c3ccccc3)c(-c3ccccc3)nc2c1. The van der Waals surface area contributed by atoms with Crippen molar-refractivity contribution in [1.82, 2.24) is 14.9 Å². The van der Waals surface area contributed by atoms with Crippen molar-refractivity contribution in [2.24, 2.45) is 0 Å². The van der Waals surface area contributed by atoms with Crippen molar-refractivity contribution in [3.63, 3.8) is 0 Å². The number of rotatable bonds is 7. The monoisotopic (exact) mass is 487 g/mol. The van der Waals surface area contributed by atoms with Gasteiger partial charge in [0.15, 0.2) is 6.61 Å². The Bertz CT molecular complexity index is 1540. The van der Waals surface area contributed by atoms with Gasteiger partial charge in [0, 0.05) is 24.7 Å². The Kier molecular flexibility index (Phi) is 6.99. The van der Waals surface area contributed by atoms with E-state index in [0.29, 0.717) is 23.1 Å². The number of fused-ring (bicyclic) bond motifs is 1. The smallest absolute Gasteiger partial charge is 0.338 e. The fourth-order valence-electron chi connectivity index (χ4n) is 4.04. The molecule has 1 heterocycles. The van der Waals surface area contributed by atoms with Crippen molar-refractivity contribution in [3.8, 4) is 22.5 Å². The molecule has 0 saturated carbocycles. The molecular formula is C31H25N3O3. The molecule has 0 aliphatic rings. The van der Waals surface area contributed by atoms with E-state index in [1.807, 2.05) is 91.0 Å². The Hall–Kier alpha value is -4.84. The maximum atomic E-state index is 12.8. The standard InChI is InChI=1S/C31H25N3O3/c1-34(20-22-11-5-2-6-12-22)28(35)21-37-31(36)25-17-18-26-27(19-25)33-30(24-15-9-4-10-16-24)29(32-26)23-13-7-3-8-14-23/h2-19H,20-21H2,1H3. The van der Waals surface area contributed by atoms with Crippen LogP contribution < -0.4 is 0 Å². The van der Waals surface area contributed by atoms with Crippen molar-refractivity contribution >= 4 is 22.9 Å². The first-order chi connectivity index (χ1) is 18.1. The number of esters is 1. The first kappa shape index (κ1) is 23.9. The van der Waals surface area contributed by atoms with Crippen molar-refractivity contribution in [1.29, 1.82) is 0 Å². The maximum absolute atomic E-state index is 12.8. The van der Waals surface area contributed by atoms with Crippen molar-refractivity contribution in [2.75, 3.05) is 13.7 Å². The quantitative estimate of drug-likeness (QED) is 0.272. The average molecular weight is 488 g/mol. The van der Waals surface area contributed by atoms with Crippen LogP contribution in [0.15, 0.2) is 109 Å². The zero-order valence-corrected chi connectivity index (χ0v) is 20.4. The summed E-state index contributed by atoms with van der Waals surface area (Å²) in [6.45, 7) is 0.100. The first-order valence-electron chi connectivity index (χ1n) is 12.0. The van der Waals surface area contributed by atoms with Crippen LogP contribution in [-0.2, 0) is 16.1 Å². The van der Waals surface area contributed by atoms with E-state index < -0.39 is 5.97 Å². The van der Waals surface area contributed by atoms with Gasteiger partial charge in [-0.25, -0.2) is 14.8 Å². The van der Waals surface area contributed by atoms with Gasteiger partial charge in [0.25, 0.3) is 5.91 Å². The zero-order valence-electron chi connectivity index (χ0n) is 20.4. The Balaban J connectivity index is 1.38. The molecule has 6 heteroatoms.